The van der Waals surface area contributed by atoms with E-state index in [1.54, 1.807) is 14.0 Å². The van der Waals surface area contributed by atoms with E-state index in [2.05, 4.69) is 114 Å². The number of rotatable bonds is 8. The van der Waals surface area contributed by atoms with Crippen molar-refractivity contribution in [2.45, 2.75) is 13.8 Å². The summed E-state index contributed by atoms with van der Waals surface area (Å²) in [5, 5.41) is 0. The van der Waals surface area contributed by atoms with Gasteiger partial charge in [-0.25, -0.2) is 0 Å². The lowest BCUT2D eigenvalue weighted by atomic mass is 10.00. The standard InChI is InChI=1S/C36H31NO2/c1-26(38)36(27(2)39-3)32-18-24-35(25-19-32)37(33-20-14-30(15-21-33)28-10-6-4-7-11-28)34-22-16-31(17-23-34)29-12-8-5-9-13-29/h4-25H,1-3H3/b36-27+. The molecular formula is C36H31NO2. The Hall–Kier alpha value is -4.89. The fourth-order valence-electron chi connectivity index (χ4n) is 4.85. The molecule has 0 saturated carbocycles. The van der Waals surface area contributed by atoms with Crippen molar-refractivity contribution in [2.75, 3.05) is 12.0 Å². The molecule has 39 heavy (non-hydrogen) atoms. The molecule has 0 aliphatic carbocycles. The molecule has 5 rings (SSSR count). The number of methoxy groups -OCH3 is 1. The molecule has 0 heterocycles. The van der Waals surface area contributed by atoms with E-state index in [-0.39, 0.29) is 5.78 Å². The third kappa shape index (κ3) is 5.68. The highest BCUT2D eigenvalue weighted by atomic mass is 16.5. The van der Waals surface area contributed by atoms with Crippen molar-refractivity contribution in [2.24, 2.45) is 0 Å². The first-order valence-corrected chi connectivity index (χ1v) is 13.0. The molecule has 0 atom stereocenters. The first-order chi connectivity index (χ1) is 19.0. The number of ether oxygens (including phenoxy) is 1. The van der Waals surface area contributed by atoms with Crippen LogP contribution < -0.4 is 4.90 Å². The molecule has 0 amide bonds. The van der Waals surface area contributed by atoms with Gasteiger partial charge in [0, 0.05) is 17.1 Å². The zero-order chi connectivity index (χ0) is 27.2. The highest BCUT2D eigenvalue weighted by molar-refractivity contribution is 6.20. The van der Waals surface area contributed by atoms with Crippen molar-refractivity contribution in [3.8, 4) is 22.3 Å². The van der Waals surface area contributed by atoms with Gasteiger partial charge in [0.2, 0.25) is 0 Å². The average Bonchev–Trinajstić information content (AvgIpc) is 2.99. The van der Waals surface area contributed by atoms with Crippen LogP contribution >= 0.6 is 0 Å². The van der Waals surface area contributed by atoms with Gasteiger partial charge in [0.1, 0.15) is 5.76 Å². The molecule has 3 heteroatoms. The molecule has 0 aliphatic rings. The number of hydrogen-bond donors (Lipinski definition) is 0. The van der Waals surface area contributed by atoms with E-state index in [9.17, 15) is 4.79 Å². The molecule has 0 spiro atoms. The number of allylic oxidation sites excluding steroid dienone is 2. The minimum absolute atomic E-state index is 0.0213. The summed E-state index contributed by atoms with van der Waals surface area (Å²) in [7, 11) is 1.59. The van der Waals surface area contributed by atoms with Crippen LogP contribution in [-0.4, -0.2) is 12.9 Å². The minimum atomic E-state index is -0.0213. The van der Waals surface area contributed by atoms with E-state index in [1.165, 1.54) is 22.3 Å². The van der Waals surface area contributed by atoms with Crippen molar-refractivity contribution >= 4 is 28.4 Å². The lowest BCUT2D eigenvalue weighted by Gasteiger charge is -2.26. The van der Waals surface area contributed by atoms with Gasteiger partial charge in [-0.15, -0.1) is 0 Å². The largest absolute Gasteiger partial charge is 0.501 e. The Balaban J connectivity index is 1.56. The molecule has 0 aliphatic heterocycles. The predicted molar refractivity (Wildman–Crippen MR) is 162 cm³/mol. The van der Waals surface area contributed by atoms with E-state index in [0.717, 1.165) is 22.6 Å². The normalized spacial score (nSPS) is 11.5. The van der Waals surface area contributed by atoms with Gasteiger partial charge in [0.05, 0.1) is 12.7 Å². The Morgan fingerprint density at radius 2 is 0.872 bits per heavy atom. The number of carbonyl (C=O) groups is 1. The molecule has 0 saturated heterocycles. The molecule has 5 aromatic rings. The summed E-state index contributed by atoms with van der Waals surface area (Å²) in [5.41, 5.74) is 9.22. The van der Waals surface area contributed by atoms with E-state index in [0.29, 0.717) is 11.3 Å². The quantitative estimate of drug-likeness (QED) is 0.154. The lowest BCUT2D eigenvalue weighted by molar-refractivity contribution is -0.111. The molecule has 0 radical (unpaired) electrons. The van der Waals surface area contributed by atoms with Crippen LogP contribution in [0.5, 0.6) is 0 Å². The molecule has 5 aromatic carbocycles. The highest BCUT2D eigenvalue weighted by Crippen LogP contribution is 2.37. The lowest BCUT2D eigenvalue weighted by Crippen LogP contribution is -2.10. The number of ketones is 1. The van der Waals surface area contributed by atoms with Gasteiger partial charge in [0.15, 0.2) is 5.78 Å². The Morgan fingerprint density at radius 3 is 1.23 bits per heavy atom. The fraction of sp³-hybridized carbons (Fsp3) is 0.0833. The average molecular weight is 510 g/mol. The Bertz CT molecular complexity index is 1490. The van der Waals surface area contributed by atoms with Crippen LogP contribution in [0.4, 0.5) is 17.1 Å². The van der Waals surface area contributed by atoms with Crippen molar-refractivity contribution in [1.82, 2.24) is 0 Å². The van der Waals surface area contributed by atoms with Crippen LogP contribution in [0.3, 0.4) is 0 Å². The zero-order valence-electron chi connectivity index (χ0n) is 22.5. The Labute approximate surface area is 230 Å². The fourth-order valence-corrected chi connectivity index (χ4v) is 4.85. The SMILES string of the molecule is CO/C(C)=C(\C(C)=O)c1ccc(N(c2ccc(-c3ccccc3)cc2)c2ccc(-c3ccccc3)cc2)cc1. The van der Waals surface area contributed by atoms with Crippen molar-refractivity contribution < 1.29 is 9.53 Å². The zero-order valence-corrected chi connectivity index (χ0v) is 22.5. The Morgan fingerprint density at radius 1 is 0.513 bits per heavy atom. The monoisotopic (exact) mass is 509 g/mol. The maximum atomic E-state index is 12.4. The van der Waals surface area contributed by atoms with Crippen LogP contribution in [0.15, 0.2) is 139 Å². The van der Waals surface area contributed by atoms with E-state index >= 15 is 0 Å². The molecule has 0 unspecified atom stereocenters. The van der Waals surface area contributed by atoms with Gasteiger partial charge < -0.3 is 9.64 Å². The summed E-state index contributed by atoms with van der Waals surface area (Å²) in [6.07, 6.45) is 0. The van der Waals surface area contributed by atoms with Crippen molar-refractivity contribution in [1.29, 1.82) is 0 Å². The van der Waals surface area contributed by atoms with E-state index in [4.69, 9.17) is 4.74 Å². The van der Waals surface area contributed by atoms with Crippen molar-refractivity contribution in [3.63, 3.8) is 0 Å². The number of nitrogens with zero attached hydrogens (tertiary/aromatic N) is 1. The minimum Gasteiger partial charge on any atom is -0.501 e. The van der Waals surface area contributed by atoms with Crippen molar-refractivity contribution in [3.05, 3.63) is 145 Å². The number of anilines is 3. The van der Waals surface area contributed by atoms with Gasteiger partial charge in [-0.05, 0) is 78.1 Å². The second-order valence-corrected chi connectivity index (χ2v) is 9.40. The molecular weight excluding hydrogens is 478 g/mol. The first kappa shape index (κ1) is 25.7. The van der Waals surface area contributed by atoms with Gasteiger partial charge in [0.25, 0.3) is 0 Å². The van der Waals surface area contributed by atoms with Gasteiger partial charge >= 0.3 is 0 Å². The van der Waals surface area contributed by atoms with Crippen LogP contribution in [0.1, 0.15) is 19.4 Å². The second-order valence-electron chi connectivity index (χ2n) is 9.40. The molecule has 0 aromatic heterocycles. The highest BCUT2D eigenvalue weighted by Gasteiger charge is 2.16. The molecule has 0 N–H and O–H groups in total. The molecule has 3 nitrogen and oxygen atoms in total. The van der Waals surface area contributed by atoms with Crippen LogP contribution in [-0.2, 0) is 9.53 Å². The van der Waals surface area contributed by atoms with Gasteiger partial charge in [-0.2, -0.15) is 0 Å². The maximum absolute atomic E-state index is 12.4. The van der Waals surface area contributed by atoms with Gasteiger partial charge in [-0.3, -0.25) is 4.79 Å². The summed E-state index contributed by atoms with van der Waals surface area (Å²) >= 11 is 0. The predicted octanol–water partition coefficient (Wildman–Crippen LogP) is 9.46. The van der Waals surface area contributed by atoms with E-state index in [1.807, 2.05) is 31.2 Å². The molecule has 0 bridgehead atoms. The summed E-state index contributed by atoms with van der Waals surface area (Å²) in [5.74, 6) is 0.590. The third-order valence-corrected chi connectivity index (χ3v) is 6.89. The van der Waals surface area contributed by atoms with Crippen LogP contribution in [0.2, 0.25) is 0 Å². The first-order valence-electron chi connectivity index (χ1n) is 13.0. The number of benzene rings is 5. The van der Waals surface area contributed by atoms with E-state index < -0.39 is 0 Å². The maximum Gasteiger partial charge on any atom is 0.163 e. The Kier molecular flexibility index (Phi) is 7.70. The topological polar surface area (TPSA) is 29.5 Å². The molecule has 0 fully saturated rings. The second kappa shape index (κ2) is 11.7. The summed E-state index contributed by atoms with van der Waals surface area (Å²) in [6.45, 7) is 3.39. The summed E-state index contributed by atoms with van der Waals surface area (Å²) < 4.78 is 5.39. The smallest absolute Gasteiger partial charge is 0.163 e. The van der Waals surface area contributed by atoms with Gasteiger partial charge in [-0.1, -0.05) is 97.1 Å². The third-order valence-electron chi connectivity index (χ3n) is 6.89. The number of Topliss-reactive ketones (excluding diaryl/α,β-unsaturated/α-hetero) is 1. The summed E-state index contributed by atoms with van der Waals surface area (Å²) in [4.78, 5) is 14.6. The number of hydrogen-bond acceptors (Lipinski definition) is 3. The van der Waals surface area contributed by atoms with Crippen LogP contribution in [0.25, 0.3) is 27.8 Å². The summed E-state index contributed by atoms with van der Waals surface area (Å²) in [6, 6.07) is 46.1. The molecule has 192 valence electrons. The van der Waals surface area contributed by atoms with Crippen LogP contribution in [0, 0.1) is 0 Å². The number of carbonyl (C=O) groups excluding carboxylic acids is 1.